The van der Waals surface area contributed by atoms with Gasteiger partial charge in [-0.3, -0.25) is 0 Å². The van der Waals surface area contributed by atoms with Crippen molar-refractivity contribution in [1.82, 2.24) is 9.88 Å². The van der Waals surface area contributed by atoms with Crippen molar-refractivity contribution in [3.63, 3.8) is 0 Å². The van der Waals surface area contributed by atoms with Crippen molar-refractivity contribution in [2.75, 3.05) is 5.32 Å². The zero-order chi connectivity index (χ0) is 19.6. The van der Waals surface area contributed by atoms with Crippen molar-refractivity contribution >= 4 is 11.7 Å². The van der Waals surface area contributed by atoms with Crippen molar-refractivity contribution < 1.29 is 13.6 Å². The number of hydrogen-bond acceptors (Lipinski definition) is 1. The lowest BCUT2D eigenvalue weighted by Gasteiger charge is -2.11. The van der Waals surface area contributed by atoms with Crippen LogP contribution in [-0.2, 0) is 6.54 Å². The van der Waals surface area contributed by atoms with Crippen molar-refractivity contribution in [3.05, 3.63) is 82.7 Å². The first-order chi connectivity index (χ1) is 12.8. The van der Waals surface area contributed by atoms with E-state index in [1.54, 1.807) is 0 Å². The highest BCUT2D eigenvalue weighted by molar-refractivity contribution is 5.89. The van der Waals surface area contributed by atoms with Gasteiger partial charge in [0.25, 0.3) is 0 Å². The van der Waals surface area contributed by atoms with E-state index in [2.05, 4.69) is 21.3 Å². The lowest BCUT2D eigenvalue weighted by molar-refractivity contribution is 0.251. The highest BCUT2D eigenvalue weighted by Gasteiger charge is 2.13. The maximum atomic E-state index is 13.6. The summed E-state index contributed by atoms with van der Waals surface area (Å²) in [4.78, 5) is 12.0. The van der Waals surface area contributed by atoms with E-state index in [-0.39, 0.29) is 12.2 Å². The molecule has 6 heteroatoms. The first-order valence-corrected chi connectivity index (χ1v) is 8.60. The van der Waals surface area contributed by atoms with E-state index >= 15 is 0 Å². The molecule has 2 amide bonds. The topological polar surface area (TPSA) is 46.1 Å². The molecule has 0 aliphatic rings. The van der Waals surface area contributed by atoms with Crippen LogP contribution in [0.4, 0.5) is 19.3 Å². The Morgan fingerprint density at radius 2 is 1.81 bits per heavy atom. The lowest BCUT2D eigenvalue weighted by atomic mass is 10.2. The minimum Gasteiger partial charge on any atom is -0.334 e. The van der Waals surface area contributed by atoms with E-state index in [9.17, 15) is 13.6 Å². The molecular formula is C21H21F2N3O. The average molecular weight is 369 g/mol. The number of nitrogens with zero attached hydrogens (tertiary/aromatic N) is 1. The molecule has 0 unspecified atom stereocenters. The quantitative estimate of drug-likeness (QED) is 0.668. The summed E-state index contributed by atoms with van der Waals surface area (Å²) in [5.41, 5.74) is 5.03. The molecule has 0 radical (unpaired) electrons. The molecule has 0 aliphatic carbocycles. The standard InChI is InChI=1S/C21H21F2N3O/c1-13-5-4-6-18(9-13)26-14(2)10-16(15(26)3)12-24-21(27)25-20-11-17(22)7-8-19(20)23/h4-11H,12H2,1-3H3,(H2,24,25,27). The summed E-state index contributed by atoms with van der Waals surface area (Å²) in [5.74, 6) is -1.31. The number of hydrogen-bond donors (Lipinski definition) is 2. The summed E-state index contributed by atoms with van der Waals surface area (Å²) >= 11 is 0. The molecule has 3 rings (SSSR count). The highest BCUT2D eigenvalue weighted by Crippen LogP contribution is 2.21. The highest BCUT2D eigenvalue weighted by atomic mass is 19.1. The van der Waals surface area contributed by atoms with E-state index in [1.807, 2.05) is 45.0 Å². The van der Waals surface area contributed by atoms with Crippen molar-refractivity contribution in [2.24, 2.45) is 0 Å². The summed E-state index contributed by atoms with van der Waals surface area (Å²) < 4.78 is 28.9. The third-order valence-corrected chi connectivity index (χ3v) is 4.41. The van der Waals surface area contributed by atoms with Crippen LogP contribution in [0.25, 0.3) is 5.69 Å². The third kappa shape index (κ3) is 4.16. The number of carbonyl (C=O) groups is 1. The molecule has 2 aromatic carbocycles. The Bertz CT molecular complexity index is 995. The number of rotatable bonds is 4. The number of aromatic nitrogens is 1. The van der Waals surface area contributed by atoms with Crippen LogP contribution >= 0.6 is 0 Å². The maximum Gasteiger partial charge on any atom is 0.319 e. The van der Waals surface area contributed by atoms with Crippen LogP contribution in [0.1, 0.15) is 22.5 Å². The van der Waals surface area contributed by atoms with E-state index in [0.717, 1.165) is 46.4 Å². The predicted molar refractivity (Wildman–Crippen MR) is 102 cm³/mol. The molecule has 0 saturated heterocycles. The zero-order valence-corrected chi connectivity index (χ0v) is 15.4. The molecule has 0 atom stereocenters. The molecule has 2 N–H and O–H groups in total. The molecule has 27 heavy (non-hydrogen) atoms. The van der Waals surface area contributed by atoms with Crippen LogP contribution in [0.2, 0.25) is 0 Å². The smallest absolute Gasteiger partial charge is 0.319 e. The van der Waals surface area contributed by atoms with E-state index in [1.165, 1.54) is 0 Å². The van der Waals surface area contributed by atoms with Gasteiger partial charge < -0.3 is 15.2 Å². The molecule has 4 nitrogen and oxygen atoms in total. The van der Waals surface area contributed by atoms with Gasteiger partial charge in [-0.2, -0.15) is 0 Å². The van der Waals surface area contributed by atoms with Crippen LogP contribution in [0, 0.1) is 32.4 Å². The fraction of sp³-hybridized carbons (Fsp3) is 0.190. The first kappa shape index (κ1) is 18.6. The largest absolute Gasteiger partial charge is 0.334 e. The molecule has 0 aliphatic heterocycles. The summed E-state index contributed by atoms with van der Waals surface area (Å²) in [7, 11) is 0. The molecule has 3 aromatic rings. The Labute approximate surface area is 156 Å². The normalized spacial score (nSPS) is 10.7. The number of aryl methyl sites for hydroxylation is 2. The molecule has 0 spiro atoms. The Morgan fingerprint density at radius 3 is 2.56 bits per heavy atom. The summed E-state index contributed by atoms with van der Waals surface area (Å²) in [5, 5.41) is 5.02. The van der Waals surface area contributed by atoms with Crippen LogP contribution in [0.5, 0.6) is 0 Å². The second kappa shape index (κ2) is 7.61. The van der Waals surface area contributed by atoms with Gasteiger partial charge in [-0.1, -0.05) is 12.1 Å². The molecular weight excluding hydrogens is 348 g/mol. The maximum absolute atomic E-state index is 13.6. The van der Waals surface area contributed by atoms with E-state index in [4.69, 9.17) is 0 Å². The number of amides is 2. The Hall–Kier alpha value is -3.15. The van der Waals surface area contributed by atoms with E-state index in [0.29, 0.717) is 0 Å². The molecule has 0 bridgehead atoms. The third-order valence-electron chi connectivity index (χ3n) is 4.41. The van der Waals surface area contributed by atoms with Gasteiger partial charge in [0.1, 0.15) is 11.6 Å². The number of halogens is 2. The summed E-state index contributed by atoms with van der Waals surface area (Å²) in [6.45, 7) is 6.29. The minimum absolute atomic E-state index is 0.197. The number of nitrogens with one attached hydrogen (secondary N) is 2. The Kier molecular flexibility index (Phi) is 5.26. The first-order valence-electron chi connectivity index (χ1n) is 8.60. The predicted octanol–water partition coefficient (Wildman–Crippen LogP) is 5.00. The Balaban J connectivity index is 1.72. The SMILES string of the molecule is Cc1cccc(-n2c(C)cc(CNC(=O)Nc3cc(F)ccc3F)c2C)c1. The van der Waals surface area contributed by atoms with Gasteiger partial charge in [0.2, 0.25) is 0 Å². The van der Waals surface area contributed by atoms with Gasteiger partial charge in [0.15, 0.2) is 0 Å². The molecule has 0 saturated carbocycles. The second-order valence-electron chi connectivity index (χ2n) is 6.50. The fourth-order valence-electron chi connectivity index (χ4n) is 3.11. The number of carbonyl (C=O) groups excluding carboxylic acids is 1. The minimum atomic E-state index is -0.691. The van der Waals surface area contributed by atoms with Crippen molar-refractivity contribution in [1.29, 1.82) is 0 Å². The molecule has 1 aromatic heterocycles. The number of anilines is 1. The number of benzene rings is 2. The van der Waals surface area contributed by atoms with Crippen LogP contribution in [-0.4, -0.2) is 10.6 Å². The van der Waals surface area contributed by atoms with Crippen LogP contribution in [0.3, 0.4) is 0 Å². The van der Waals surface area contributed by atoms with Crippen LogP contribution in [0.15, 0.2) is 48.5 Å². The Morgan fingerprint density at radius 1 is 1.04 bits per heavy atom. The van der Waals surface area contributed by atoms with Crippen molar-refractivity contribution in [2.45, 2.75) is 27.3 Å². The summed E-state index contributed by atoms with van der Waals surface area (Å²) in [6, 6.07) is 12.5. The van der Waals surface area contributed by atoms with Crippen molar-refractivity contribution in [3.8, 4) is 5.69 Å². The zero-order valence-electron chi connectivity index (χ0n) is 15.4. The molecule has 140 valence electrons. The van der Waals surface area contributed by atoms with Crippen LogP contribution < -0.4 is 10.6 Å². The molecule has 0 fully saturated rings. The van der Waals surface area contributed by atoms with Gasteiger partial charge in [0, 0.05) is 29.7 Å². The van der Waals surface area contributed by atoms with Gasteiger partial charge in [0.05, 0.1) is 5.69 Å². The van der Waals surface area contributed by atoms with Gasteiger partial charge in [-0.15, -0.1) is 0 Å². The average Bonchev–Trinajstić information content (AvgIpc) is 2.90. The van der Waals surface area contributed by atoms with Gasteiger partial charge in [-0.25, -0.2) is 13.6 Å². The van der Waals surface area contributed by atoms with E-state index < -0.39 is 17.7 Å². The van der Waals surface area contributed by atoms with Gasteiger partial charge >= 0.3 is 6.03 Å². The lowest BCUT2D eigenvalue weighted by Crippen LogP contribution is -2.28. The summed E-state index contributed by atoms with van der Waals surface area (Å²) in [6.07, 6.45) is 0. The monoisotopic (exact) mass is 369 g/mol. The second-order valence-corrected chi connectivity index (χ2v) is 6.50. The molecule has 1 heterocycles. The van der Waals surface area contributed by atoms with Gasteiger partial charge in [-0.05, 0) is 62.2 Å². The number of urea groups is 1. The fourth-order valence-corrected chi connectivity index (χ4v) is 3.11.